The van der Waals surface area contributed by atoms with Crippen LogP contribution in [0.3, 0.4) is 0 Å². The number of halogens is 3. The quantitative estimate of drug-likeness (QED) is 0.454. The van der Waals surface area contributed by atoms with Gasteiger partial charge in [-0.05, 0) is 52.0 Å². The average molecular weight is 471 g/mol. The molecule has 0 radical (unpaired) electrons. The van der Waals surface area contributed by atoms with Gasteiger partial charge in [-0.3, -0.25) is 4.98 Å². The van der Waals surface area contributed by atoms with Crippen molar-refractivity contribution in [2.45, 2.75) is 44.9 Å². The van der Waals surface area contributed by atoms with Crippen LogP contribution < -0.4 is 10.6 Å². The molecule has 0 aliphatic carbocycles. The molecule has 3 rings (SSSR count). The van der Waals surface area contributed by atoms with Crippen LogP contribution in [0.1, 0.15) is 39.1 Å². The summed E-state index contributed by atoms with van der Waals surface area (Å²) < 4.78 is 39.5. The minimum absolute atomic E-state index is 0.0408. The Kier molecular flexibility index (Phi) is 6.74. The van der Waals surface area contributed by atoms with Gasteiger partial charge in [-0.2, -0.15) is 18.4 Å². The first kappa shape index (κ1) is 24.9. The largest absolute Gasteiger partial charge is 0.433 e. The van der Waals surface area contributed by atoms with Crippen LogP contribution in [-0.4, -0.2) is 37.2 Å². The number of rotatable bonds is 7. The Morgan fingerprint density at radius 3 is 2.32 bits per heavy atom. The fourth-order valence-electron chi connectivity index (χ4n) is 2.80. The molecule has 3 N–H and O–H groups in total. The molecule has 0 saturated heterocycles. The van der Waals surface area contributed by atoms with Crippen LogP contribution in [0.15, 0.2) is 42.6 Å². The molecule has 0 aliphatic heterocycles. The van der Waals surface area contributed by atoms with Gasteiger partial charge in [0.15, 0.2) is 5.82 Å². The highest BCUT2D eigenvalue weighted by atomic mass is 19.4. The van der Waals surface area contributed by atoms with E-state index >= 15 is 0 Å². The first-order valence-corrected chi connectivity index (χ1v) is 10.3. The van der Waals surface area contributed by atoms with E-state index in [1.165, 1.54) is 12.1 Å². The van der Waals surface area contributed by atoms with Crippen molar-refractivity contribution in [2.75, 3.05) is 17.2 Å². The highest BCUT2D eigenvalue weighted by molar-refractivity contribution is 5.64. The van der Waals surface area contributed by atoms with Gasteiger partial charge in [0.25, 0.3) is 0 Å². The topological polar surface area (TPSA) is 120 Å². The lowest BCUT2D eigenvalue weighted by Gasteiger charge is -2.19. The van der Waals surface area contributed by atoms with Gasteiger partial charge in [-0.1, -0.05) is 6.07 Å². The molecule has 0 aliphatic rings. The van der Waals surface area contributed by atoms with Gasteiger partial charge in [0.1, 0.15) is 23.0 Å². The molecule has 11 heteroatoms. The number of nitrogens with one attached hydrogen (secondary N) is 2. The van der Waals surface area contributed by atoms with E-state index in [4.69, 9.17) is 0 Å². The molecule has 0 atom stereocenters. The fourth-order valence-corrected chi connectivity index (χ4v) is 2.80. The molecule has 3 heterocycles. The lowest BCUT2D eigenvalue weighted by Crippen LogP contribution is -2.29. The maximum atomic E-state index is 13.2. The standard InChI is InChI=1S/C23H24F3N7O/c1-21(2,12-27)17-10-14(8-9-28-17)30-19-11-18(29-13-22(3,4)34)32-20(33-19)15-6-5-7-16(31-15)23(24,25)26/h5-11,34H,13H2,1-4H3,(H2,28,29,30,32,33). The summed E-state index contributed by atoms with van der Waals surface area (Å²) in [5, 5.41) is 25.5. The number of nitrogens with zero attached hydrogens (tertiary/aromatic N) is 5. The van der Waals surface area contributed by atoms with E-state index in [-0.39, 0.29) is 29.7 Å². The first-order chi connectivity index (χ1) is 15.8. The number of anilines is 3. The van der Waals surface area contributed by atoms with E-state index in [2.05, 4.69) is 36.6 Å². The van der Waals surface area contributed by atoms with E-state index in [0.717, 1.165) is 6.07 Å². The van der Waals surface area contributed by atoms with Crippen LogP contribution >= 0.6 is 0 Å². The number of alkyl halides is 3. The van der Waals surface area contributed by atoms with E-state index in [9.17, 15) is 23.5 Å². The van der Waals surface area contributed by atoms with Crippen molar-refractivity contribution in [1.82, 2.24) is 19.9 Å². The number of aliphatic hydroxyl groups is 1. The second-order valence-corrected chi connectivity index (χ2v) is 8.83. The first-order valence-electron chi connectivity index (χ1n) is 10.3. The van der Waals surface area contributed by atoms with E-state index in [0.29, 0.717) is 11.4 Å². The van der Waals surface area contributed by atoms with Gasteiger partial charge in [0.2, 0.25) is 0 Å². The van der Waals surface area contributed by atoms with Gasteiger partial charge < -0.3 is 15.7 Å². The summed E-state index contributed by atoms with van der Waals surface area (Å²) in [7, 11) is 0. The SMILES string of the molecule is CC(C)(O)CNc1cc(Nc2ccnc(C(C)(C)C#N)c2)nc(-c2cccc(C(F)(F)F)n2)n1. The molecule has 0 fully saturated rings. The van der Waals surface area contributed by atoms with Crippen molar-refractivity contribution in [3.05, 3.63) is 54.0 Å². The van der Waals surface area contributed by atoms with Crippen molar-refractivity contribution in [3.63, 3.8) is 0 Å². The van der Waals surface area contributed by atoms with Crippen LogP contribution in [0.4, 0.5) is 30.5 Å². The number of aromatic nitrogens is 4. The summed E-state index contributed by atoms with van der Waals surface area (Å²) in [4.78, 5) is 16.5. The normalized spacial score (nSPS) is 12.2. The third-order valence-corrected chi connectivity index (χ3v) is 4.65. The van der Waals surface area contributed by atoms with Gasteiger partial charge in [-0.25, -0.2) is 15.0 Å². The van der Waals surface area contributed by atoms with Crippen LogP contribution in [-0.2, 0) is 11.6 Å². The second-order valence-electron chi connectivity index (χ2n) is 8.83. The molecule has 3 aromatic rings. The Morgan fingerprint density at radius 1 is 0.971 bits per heavy atom. The number of hydrogen-bond donors (Lipinski definition) is 3. The van der Waals surface area contributed by atoms with E-state index in [1.54, 1.807) is 52.1 Å². The molecular weight excluding hydrogens is 447 g/mol. The van der Waals surface area contributed by atoms with Crippen molar-refractivity contribution >= 4 is 17.3 Å². The summed E-state index contributed by atoms with van der Waals surface area (Å²) in [6.45, 7) is 6.81. The number of nitriles is 1. The van der Waals surface area contributed by atoms with E-state index in [1.807, 2.05) is 0 Å². The molecule has 8 nitrogen and oxygen atoms in total. The zero-order chi connectivity index (χ0) is 25.1. The molecule has 0 unspecified atom stereocenters. The fraction of sp³-hybridized carbons (Fsp3) is 0.348. The number of hydrogen-bond acceptors (Lipinski definition) is 8. The zero-order valence-corrected chi connectivity index (χ0v) is 19.1. The maximum absolute atomic E-state index is 13.2. The minimum Gasteiger partial charge on any atom is -0.389 e. The van der Waals surface area contributed by atoms with Crippen molar-refractivity contribution in [2.24, 2.45) is 0 Å². The molecule has 3 aromatic heterocycles. The Labute approximate surface area is 194 Å². The van der Waals surface area contributed by atoms with Crippen LogP contribution in [0.5, 0.6) is 0 Å². The summed E-state index contributed by atoms with van der Waals surface area (Å²) in [6.07, 6.45) is -3.07. The summed E-state index contributed by atoms with van der Waals surface area (Å²) in [5.41, 5.74) is -1.90. The second kappa shape index (κ2) is 9.23. The molecule has 0 saturated carbocycles. The Morgan fingerprint density at radius 2 is 1.68 bits per heavy atom. The molecule has 0 bridgehead atoms. The average Bonchev–Trinajstić information content (AvgIpc) is 2.77. The molecule has 0 aromatic carbocycles. The lowest BCUT2D eigenvalue weighted by atomic mass is 9.91. The molecular formula is C23H24F3N7O. The molecule has 0 amide bonds. The third kappa shape index (κ3) is 6.39. The molecule has 34 heavy (non-hydrogen) atoms. The lowest BCUT2D eigenvalue weighted by molar-refractivity contribution is -0.141. The zero-order valence-electron chi connectivity index (χ0n) is 19.1. The predicted molar refractivity (Wildman–Crippen MR) is 121 cm³/mol. The van der Waals surface area contributed by atoms with Crippen molar-refractivity contribution < 1.29 is 18.3 Å². The van der Waals surface area contributed by atoms with Gasteiger partial charge in [0.05, 0.1) is 22.8 Å². The maximum Gasteiger partial charge on any atom is 0.433 e. The van der Waals surface area contributed by atoms with Crippen LogP contribution in [0.2, 0.25) is 0 Å². The van der Waals surface area contributed by atoms with Crippen LogP contribution in [0.25, 0.3) is 11.5 Å². The Hall–Kier alpha value is -3.78. The van der Waals surface area contributed by atoms with Crippen molar-refractivity contribution in [1.29, 1.82) is 5.26 Å². The number of pyridine rings is 2. The highest BCUT2D eigenvalue weighted by Crippen LogP contribution is 2.30. The molecule has 178 valence electrons. The van der Waals surface area contributed by atoms with Crippen molar-refractivity contribution in [3.8, 4) is 17.6 Å². The van der Waals surface area contributed by atoms with Gasteiger partial charge in [0, 0.05) is 24.5 Å². The van der Waals surface area contributed by atoms with E-state index < -0.39 is 22.9 Å². The third-order valence-electron chi connectivity index (χ3n) is 4.65. The Bertz CT molecular complexity index is 1210. The summed E-state index contributed by atoms with van der Waals surface area (Å²) in [5.74, 6) is 0.510. The van der Waals surface area contributed by atoms with Crippen LogP contribution in [0, 0.1) is 11.3 Å². The minimum atomic E-state index is -4.62. The van der Waals surface area contributed by atoms with Gasteiger partial charge in [-0.15, -0.1) is 0 Å². The summed E-state index contributed by atoms with van der Waals surface area (Å²) in [6, 6.07) is 10.6. The van der Waals surface area contributed by atoms with Gasteiger partial charge >= 0.3 is 6.18 Å². The Balaban J connectivity index is 2.03. The highest BCUT2D eigenvalue weighted by Gasteiger charge is 2.32. The summed E-state index contributed by atoms with van der Waals surface area (Å²) >= 11 is 0. The molecule has 0 spiro atoms. The smallest absolute Gasteiger partial charge is 0.389 e. The monoisotopic (exact) mass is 471 g/mol. The predicted octanol–water partition coefficient (Wildman–Crippen LogP) is 4.68.